The van der Waals surface area contributed by atoms with E-state index in [0.29, 0.717) is 5.56 Å². The first-order valence-corrected chi connectivity index (χ1v) is 7.28. The highest BCUT2D eigenvalue weighted by molar-refractivity contribution is 5.75. The van der Waals surface area contributed by atoms with E-state index >= 15 is 0 Å². The lowest BCUT2D eigenvalue weighted by atomic mass is 9.97. The van der Waals surface area contributed by atoms with Gasteiger partial charge in [0, 0.05) is 0 Å². The van der Waals surface area contributed by atoms with Crippen molar-refractivity contribution in [3.63, 3.8) is 0 Å². The first kappa shape index (κ1) is 17.2. The lowest BCUT2D eigenvalue weighted by molar-refractivity contribution is -0.274. The van der Waals surface area contributed by atoms with E-state index in [-0.39, 0.29) is 5.75 Å². The van der Waals surface area contributed by atoms with Crippen LogP contribution in [0.3, 0.4) is 0 Å². The van der Waals surface area contributed by atoms with Gasteiger partial charge in [0.15, 0.2) is 0 Å². The minimum atomic E-state index is -4.72. The second kappa shape index (κ2) is 6.71. The Bertz CT molecular complexity index is 748. The van der Waals surface area contributed by atoms with Gasteiger partial charge in [-0.2, -0.15) is 5.53 Å². The summed E-state index contributed by atoms with van der Waals surface area (Å²) in [7, 11) is 0. The first-order valence-electron chi connectivity index (χ1n) is 7.28. The number of carbonyl (C=O) groups is 1. The van der Waals surface area contributed by atoms with Gasteiger partial charge in [0.25, 0.3) is 0 Å². The van der Waals surface area contributed by atoms with Gasteiger partial charge in [-0.15, -0.1) is 13.2 Å². The number of halogens is 3. The molecule has 1 saturated heterocycles. The standard InChI is InChI=1S/C16H14F3N3O3/c17-16(18,19)25-12-7-5-10(6-8-12)9-1-3-11(4-2-9)13-14(15(23)24)21-22-20-13/h1-8,13-14,20-22H,(H,23,24). The summed E-state index contributed by atoms with van der Waals surface area (Å²) in [6, 6.07) is 11.3. The van der Waals surface area contributed by atoms with Crippen LogP contribution in [-0.4, -0.2) is 23.5 Å². The molecule has 0 radical (unpaired) electrons. The van der Waals surface area contributed by atoms with Crippen molar-refractivity contribution in [2.45, 2.75) is 18.4 Å². The molecule has 0 aromatic heterocycles. The largest absolute Gasteiger partial charge is 0.573 e. The number of hydrogen-bond donors (Lipinski definition) is 4. The highest BCUT2D eigenvalue weighted by Gasteiger charge is 2.33. The Morgan fingerprint density at radius 2 is 1.52 bits per heavy atom. The van der Waals surface area contributed by atoms with Crippen LogP contribution in [0.5, 0.6) is 5.75 Å². The van der Waals surface area contributed by atoms with Crippen molar-refractivity contribution < 1.29 is 27.8 Å². The molecule has 25 heavy (non-hydrogen) atoms. The maximum atomic E-state index is 12.2. The Morgan fingerprint density at radius 1 is 0.960 bits per heavy atom. The molecule has 0 aliphatic carbocycles. The highest BCUT2D eigenvalue weighted by atomic mass is 19.4. The fourth-order valence-electron chi connectivity index (χ4n) is 2.58. The van der Waals surface area contributed by atoms with Crippen molar-refractivity contribution in [2.24, 2.45) is 0 Å². The molecule has 2 aromatic carbocycles. The summed E-state index contributed by atoms with van der Waals surface area (Å²) in [5.41, 5.74) is 10.3. The van der Waals surface area contributed by atoms with Crippen LogP contribution in [0.15, 0.2) is 48.5 Å². The van der Waals surface area contributed by atoms with Crippen LogP contribution in [0.4, 0.5) is 13.2 Å². The second-order valence-corrected chi connectivity index (χ2v) is 5.40. The number of ether oxygens (including phenoxy) is 1. The van der Waals surface area contributed by atoms with Gasteiger partial charge in [0.2, 0.25) is 0 Å². The van der Waals surface area contributed by atoms with Crippen LogP contribution >= 0.6 is 0 Å². The fraction of sp³-hybridized carbons (Fsp3) is 0.188. The molecule has 0 amide bonds. The molecule has 3 rings (SSSR count). The van der Waals surface area contributed by atoms with Gasteiger partial charge in [-0.05, 0) is 28.8 Å². The van der Waals surface area contributed by atoms with Gasteiger partial charge in [-0.1, -0.05) is 36.4 Å². The van der Waals surface area contributed by atoms with E-state index < -0.39 is 24.4 Å². The number of nitrogens with one attached hydrogen (secondary N) is 3. The van der Waals surface area contributed by atoms with E-state index in [9.17, 15) is 18.0 Å². The third kappa shape index (κ3) is 4.08. The Morgan fingerprint density at radius 3 is 2.04 bits per heavy atom. The summed E-state index contributed by atoms with van der Waals surface area (Å²) >= 11 is 0. The van der Waals surface area contributed by atoms with Crippen LogP contribution in [0, 0.1) is 0 Å². The quantitative estimate of drug-likeness (QED) is 0.676. The van der Waals surface area contributed by atoms with Gasteiger partial charge < -0.3 is 9.84 Å². The second-order valence-electron chi connectivity index (χ2n) is 5.40. The van der Waals surface area contributed by atoms with Crippen LogP contribution in [0.25, 0.3) is 11.1 Å². The number of carboxylic acids is 1. The molecule has 4 N–H and O–H groups in total. The first-order chi connectivity index (χ1) is 11.8. The van der Waals surface area contributed by atoms with Crippen LogP contribution in [-0.2, 0) is 4.79 Å². The van der Waals surface area contributed by atoms with E-state index in [4.69, 9.17) is 5.11 Å². The zero-order valence-corrected chi connectivity index (χ0v) is 12.7. The van der Waals surface area contributed by atoms with E-state index in [1.54, 1.807) is 24.3 Å². The lowest BCUT2D eigenvalue weighted by Crippen LogP contribution is -2.38. The molecule has 2 aromatic rings. The minimum absolute atomic E-state index is 0.288. The van der Waals surface area contributed by atoms with Crippen LogP contribution in [0.2, 0.25) is 0 Å². The predicted molar refractivity (Wildman–Crippen MR) is 82.1 cm³/mol. The Balaban J connectivity index is 1.75. The highest BCUT2D eigenvalue weighted by Crippen LogP contribution is 2.28. The lowest BCUT2D eigenvalue weighted by Gasteiger charge is -2.15. The van der Waals surface area contributed by atoms with Crippen molar-refractivity contribution in [1.82, 2.24) is 16.4 Å². The van der Waals surface area contributed by atoms with E-state index in [1.165, 1.54) is 24.3 Å². The third-order valence-corrected chi connectivity index (χ3v) is 3.75. The molecular weight excluding hydrogens is 339 g/mol. The predicted octanol–water partition coefficient (Wildman–Crippen LogP) is 2.36. The van der Waals surface area contributed by atoms with Gasteiger partial charge in [-0.25, -0.2) is 10.9 Å². The minimum Gasteiger partial charge on any atom is -0.480 e. The maximum Gasteiger partial charge on any atom is 0.573 e. The maximum absolute atomic E-state index is 12.2. The molecule has 0 saturated carbocycles. The van der Waals surface area contributed by atoms with Crippen molar-refractivity contribution in [2.75, 3.05) is 0 Å². The SMILES string of the molecule is O=C(O)C1NNNC1c1ccc(-c2ccc(OC(F)(F)F)cc2)cc1. The number of alkyl halides is 3. The average molecular weight is 353 g/mol. The molecule has 1 heterocycles. The van der Waals surface area contributed by atoms with Crippen molar-refractivity contribution in [3.05, 3.63) is 54.1 Å². The van der Waals surface area contributed by atoms with Gasteiger partial charge in [-0.3, -0.25) is 4.79 Å². The molecule has 0 bridgehead atoms. The Kier molecular flexibility index (Phi) is 4.62. The molecule has 2 unspecified atom stereocenters. The molecule has 0 spiro atoms. The zero-order valence-electron chi connectivity index (χ0n) is 12.7. The smallest absolute Gasteiger partial charge is 0.480 e. The summed E-state index contributed by atoms with van der Waals surface area (Å²) in [4.78, 5) is 11.2. The summed E-state index contributed by atoms with van der Waals surface area (Å²) in [6.07, 6.45) is -4.72. The Hall–Kier alpha value is -2.62. The third-order valence-electron chi connectivity index (χ3n) is 3.75. The van der Waals surface area contributed by atoms with Crippen molar-refractivity contribution >= 4 is 5.97 Å². The fourth-order valence-corrected chi connectivity index (χ4v) is 2.58. The summed E-state index contributed by atoms with van der Waals surface area (Å²) < 4.78 is 40.3. The number of carboxylic acid groups (broad SMARTS) is 1. The zero-order chi connectivity index (χ0) is 18.0. The van der Waals surface area contributed by atoms with Gasteiger partial charge in [0.05, 0.1) is 6.04 Å². The number of hydrogen-bond acceptors (Lipinski definition) is 5. The molecule has 132 valence electrons. The molecule has 9 heteroatoms. The van der Waals surface area contributed by atoms with E-state index in [2.05, 4.69) is 21.1 Å². The molecule has 1 fully saturated rings. The number of rotatable bonds is 4. The van der Waals surface area contributed by atoms with Crippen LogP contribution in [0.1, 0.15) is 11.6 Å². The molecule has 6 nitrogen and oxygen atoms in total. The topological polar surface area (TPSA) is 82.6 Å². The summed E-state index contributed by atoms with van der Waals surface area (Å²) in [5, 5.41) is 9.15. The van der Waals surface area contributed by atoms with E-state index in [1.807, 2.05) is 0 Å². The Labute approximate surface area is 140 Å². The molecule has 1 aliphatic heterocycles. The average Bonchev–Trinajstić information content (AvgIpc) is 3.04. The number of aliphatic carboxylic acids is 1. The molecule has 1 aliphatic rings. The molecule has 2 atom stereocenters. The summed E-state index contributed by atoms with van der Waals surface area (Å²) in [5.74, 6) is -1.28. The normalized spacial score (nSPS) is 20.4. The number of benzene rings is 2. The van der Waals surface area contributed by atoms with Gasteiger partial charge in [0.1, 0.15) is 11.8 Å². The van der Waals surface area contributed by atoms with Crippen molar-refractivity contribution in [3.8, 4) is 16.9 Å². The monoisotopic (exact) mass is 353 g/mol. The van der Waals surface area contributed by atoms with Crippen molar-refractivity contribution in [1.29, 1.82) is 0 Å². The summed E-state index contributed by atoms with van der Waals surface area (Å²) in [6.45, 7) is 0. The molecular formula is C16H14F3N3O3. The van der Waals surface area contributed by atoms with E-state index in [0.717, 1.165) is 11.1 Å². The van der Waals surface area contributed by atoms with Gasteiger partial charge >= 0.3 is 12.3 Å². The van der Waals surface area contributed by atoms with Crippen LogP contribution < -0.4 is 21.1 Å². The number of hydrazine groups is 2.